The van der Waals surface area contributed by atoms with Crippen molar-refractivity contribution in [2.24, 2.45) is 0 Å². The molecule has 2 N–H and O–H groups in total. The van der Waals surface area contributed by atoms with Crippen molar-refractivity contribution in [1.29, 1.82) is 0 Å². The predicted octanol–water partition coefficient (Wildman–Crippen LogP) is 5.22. The molecule has 5 heteroatoms. The quantitative estimate of drug-likeness (QED) is 0.184. The predicted molar refractivity (Wildman–Crippen MR) is 95.0 cm³/mol. The number of aliphatic hydroxyl groups excluding tert-OH is 1. The summed E-state index contributed by atoms with van der Waals surface area (Å²) in [6.07, 6.45) is 14.9. The zero-order chi connectivity index (χ0) is 18.0. The minimum atomic E-state index is -1.53. The molecule has 24 heavy (non-hydrogen) atoms. The van der Waals surface area contributed by atoms with E-state index in [1.807, 2.05) is 0 Å². The second-order valence-corrected chi connectivity index (χ2v) is 6.26. The first-order valence-corrected chi connectivity index (χ1v) is 9.33. The van der Waals surface area contributed by atoms with Gasteiger partial charge in [0.1, 0.15) is 0 Å². The van der Waals surface area contributed by atoms with Gasteiger partial charge in [-0.15, -0.1) is 0 Å². The summed E-state index contributed by atoms with van der Waals surface area (Å²) < 4.78 is 4.03. The maximum absolute atomic E-state index is 11.0. The van der Waals surface area contributed by atoms with Crippen molar-refractivity contribution in [1.82, 2.24) is 0 Å². The molecule has 5 nitrogen and oxygen atoms in total. The highest BCUT2D eigenvalue weighted by Crippen LogP contribution is 2.10. The van der Waals surface area contributed by atoms with Crippen LogP contribution in [0, 0.1) is 0 Å². The normalized spacial score (nSPS) is 12.4. The van der Waals surface area contributed by atoms with Gasteiger partial charge < -0.3 is 14.9 Å². The lowest BCUT2D eigenvalue weighted by atomic mass is 10.1. The van der Waals surface area contributed by atoms with Crippen LogP contribution in [0.1, 0.15) is 90.4 Å². The topological polar surface area (TPSA) is 83.8 Å². The largest absolute Gasteiger partial charge is 0.513 e. The summed E-state index contributed by atoms with van der Waals surface area (Å²) in [7, 11) is 0. The molecule has 0 fully saturated rings. The second kappa shape index (κ2) is 16.5. The van der Waals surface area contributed by atoms with Gasteiger partial charge in [0.25, 0.3) is 0 Å². The van der Waals surface area contributed by atoms with Crippen LogP contribution in [0.25, 0.3) is 0 Å². The molecule has 0 rings (SSSR count). The maximum Gasteiger partial charge on any atom is 0.513 e. The maximum atomic E-state index is 11.0. The molecule has 0 saturated carbocycles. The molecule has 0 saturated heterocycles. The Bertz CT molecular complexity index is 352. The molecule has 0 aromatic heterocycles. The third-order valence-electron chi connectivity index (χ3n) is 3.92. The molecule has 0 spiro atoms. The van der Waals surface area contributed by atoms with E-state index in [1.165, 1.54) is 19.3 Å². The van der Waals surface area contributed by atoms with E-state index < -0.39 is 12.1 Å². The highest BCUT2D eigenvalue weighted by Gasteiger charge is 2.07. The number of esters is 1. The number of hydrogen-bond acceptors (Lipinski definition) is 4. The van der Waals surface area contributed by atoms with Gasteiger partial charge >= 0.3 is 12.1 Å². The van der Waals surface area contributed by atoms with Crippen LogP contribution in [0.2, 0.25) is 0 Å². The number of unbranched alkanes of at least 4 members (excludes halogenated alkanes) is 8. The summed E-state index contributed by atoms with van der Waals surface area (Å²) in [6, 6.07) is 0. The molecule has 0 aliphatic carbocycles. The average Bonchev–Trinajstić information content (AvgIpc) is 2.52. The van der Waals surface area contributed by atoms with Gasteiger partial charge in [-0.1, -0.05) is 64.0 Å². The van der Waals surface area contributed by atoms with E-state index in [9.17, 15) is 14.7 Å². The molecule has 0 bridgehead atoms. The Morgan fingerprint density at radius 3 is 2.33 bits per heavy atom. The number of rotatable bonds is 15. The van der Waals surface area contributed by atoms with Crippen LogP contribution in [0.3, 0.4) is 0 Å². The molecule has 1 atom stereocenters. The zero-order valence-corrected chi connectivity index (χ0v) is 15.0. The number of hydrogen-bond donors (Lipinski definition) is 2. The Balaban J connectivity index is 3.34. The average molecular weight is 342 g/mol. The van der Waals surface area contributed by atoms with Crippen molar-refractivity contribution >= 4 is 12.1 Å². The minimum Gasteiger partial charge on any atom is -0.449 e. The molecule has 1 unspecified atom stereocenters. The third-order valence-corrected chi connectivity index (χ3v) is 3.92. The first-order chi connectivity index (χ1) is 11.6. The van der Waals surface area contributed by atoms with E-state index in [1.54, 1.807) is 0 Å². The van der Waals surface area contributed by atoms with Gasteiger partial charge in [-0.05, 0) is 32.1 Å². The Kier molecular flexibility index (Phi) is 15.6. The Hall–Kier alpha value is -1.36. The Labute approximate surface area is 146 Å². The lowest BCUT2D eigenvalue weighted by molar-refractivity contribution is -0.139. The molecule has 0 aromatic rings. The van der Waals surface area contributed by atoms with Gasteiger partial charge in [-0.3, -0.25) is 4.79 Å². The zero-order valence-electron chi connectivity index (χ0n) is 15.0. The highest BCUT2D eigenvalue weighted by atomic mass is 16.7. The lowest BCUT2D eigenvalue weighted by Crippen LogP contribution is -2.09. The minimum absolute atomic E-state index is 0.169. The van der Waals surface area contributed by atoms with Crippen molar-refractivity contribution in [3.8, 4) is 0 Å². The number of carbonyl (C=O) groups is 2. The molecule has 0 heterocycles. The highest BCUT2D eigenvalue weighted by molar-refractivity contribution is 5.80. The van der Waals surface area contributed by atoms with E-state index in [2.05, 4.69) is 23.8 Å². The summed E-state index contributed by atoms with van der Waals surface area (Å²) in [5.41, 5.74) is 0. The van der Waals surface area contributed by atoms with E-state index in [0.717, 1.165) is 51.4 Å². The fourth-order valence-corrected chi connectivity index (χ4v) is 2.51. The van der Waals surface area contributed by atoms with Crippen molar-refractivity contribution in [3.05, 3.63) is 12.2 Å². The number of carbonyl (C=O) groups excluding carboxylic acids is 1. The first kappa shape index (κ1) is 22.6. The summed E-state index contributed by atoms with van der Waals surface area (Å²) in [4.78, 5) is 21.1. The fourth-order valence-electron chi connectivity index (χ4n) is 2.51. The summed E-state index contributed by atoms with van der Waals surface area (Å²) in [5.74, 6) is -0.668. The SMILES string of the molecule is CCCCCCC(O)C/C=C\CCCCCCCC(=O)OC(=O)O. The lowest BCUT2D eigenvalue weighted by Gasteiger charge is -2.07. The molecule has 140 valence electrons. The summed E-state index contributed by atoms with van der Waals surface area (Å²) in [6.45, 7) is 2.19. The summed E-state index contributed by atoms with van der Waals surface area (Å²) in [5, 5.41) is 18.1. The Morgan fingerprint density at radius 2 is 1.62 bits per heavy atom. The number of ether oxygens (including phenoxy) is 1. The van der Waals surface area contributed by atoms with E-state index >= 15 is 0 Å². The number of allylic oxidation sites excluding steroid dienone is 1. The van der Waals surface area contributed by atoms with Crippen LogP contribution >= 0.6 is 0 Å². The van der Waals surface area contributed by atoms with Crippen LogP contribution in [0.5, 0.6) is 0 Å². The Morgan fingerprint density at radius 1 is 0.958 bits per heavy atom. The molecule has 0 amide bonds. The van der Waals surface area contributed by atoms with Crippen LogP contribution < -0.4 is 0 Å². The van der Waals surface area contributed by atoms with E-state index in [-0.39, 0.29) is 12.5 Å². The van der Waals surface area contributed by atoms with Crippen LogP contribution in [0.15, 0.2) is 12.2 Å². The van der Waals surface area contributed by atoms with E-state index in [4.69, 9.17) is 5.11 Å². The summed E-state index contributed by atoms with van der Waals surface area (Å²) >= 11 is 0. The van der Waals surface area contributed by atoms with Gasteiger partial charge in [0.05, 0.1) is 6.10 Å². The second-order valence-electron chi connectivity index (χ2n) is 6.26. The molecule has 0 aliphatic heterocycles. The van der Waals surface area contributed by atoms with Crippen LogP contribution in [-0.4, -0.2) is 28.4 Å². The molecular formula is C19H34O5. The standard InChI is InChI=1S/C19H34O5/c1-2-3-4-11-14-17(20)15-12-9-7-5-6-8-10-13-16-18(21)24-19(22)23/h9,12,17,20H,2-8,10-11,13-16H2,1H3,(H,22,23)/b12-9-. The van der Waals surface area contributed by atoms with Crippen LogP contribution in [0.4, 0.5) is 4.79 Å². The molecule has 0 aromatic carbocycles. The van der Waals surface area contributed by atoms with Crippen molar-refractivity contribution in [3.63, 3.8) is 0 Å². The first-order valence-electron chi connectivity index (χ1n) is 9.33. The van der Waals surface area contributed by atoms with Gasteiger partial charge in [0.2, 0.25) is 0 Å². The molecule has 0 aliphatic rings. The molecule has 0 radical (unpaired) electrons. The fraction of sp³-hybridized carbons (Fsp3) is 0.789. The third kappa shape index (κ3) is 17.0. The monoisotopic (exact) mass is 342 g/mol. The van der Waals surface area contributed by atoms with Crippen molar-refractivity contribution in [2.45, 2.75) is 96.5 Å². The molecular weight excluding hydrogens is 308 g/mol. The van der Waals surface area contributed by atoms with Crippen LogP contribution in [-0.2, 0) is 9.53 Å². The van der Waals surface area contributed by atoms with Gasteiger partial charge in [0, 0.05) is 6.42 Å². The van der Waals surface area contributed by atoms with Gasteiger partial charge in [0.15, 0.2) is 0 Å². The van der Waals surface area contributed by atoms with E-state index in [0.29, 0.717) is 6.42 Å². The number of carboxylic acid groups (broad SMARTS) is 1. The van der Waals surface area contributed by atoms with Crippen molar-refractivity contribution in [2.75, 3.05) is 0 Å². The van der Waals surface area contributed by atoms with Gasteiger partial charge in [-0.25, -0.2) is 4.79 Å². The number of aliphatic hydroxyl groups is 1. The smallest absolute Gasteiger partial charge is 0.449 e. The van der Waals surface area contributed by atoms with Crippen molar-refractivity contribution < 1.29 is 24.5 Å². The van der Waals surface area contributed by atoms with Gasteiger partial charge in [-0.2, -0.15) is 0 Å².